The molecule has 0 aliphatic rings. The summed E-state index contributed by atoms with van der Waals surface area (Å²) >= 11 is 0. The summed E-state index contributed by atoms with van der Waals surface area (Å²) in [5.41, 5.74) is 0. The number of carbonyl (C=O) groups is 2. The molecule has 0 aromatic heterocycles. The standard InChI is InChI=1S/C10H18O2/c1-4-8(2)10(12)7-5-6-9(3)11/h8H,4-7H2,1-3H3. The lowest BCUT2D eigenvalue weighted by molar-refractivity contribution is -0.122. The van der Waals surface area contributed by atoms with Gasteiger partial charge in [0.15, 0.2) is 0 Å². The molecule has 0 aliphatic heterocycles. The van der Waals surface area contributed by atoms with Gasteiger partial charge in [-0.1, -0.05) is 13.8 Å². The molecule has 0 saturated heterocycles. The average Bonchev–Trinajstić information content (AvgIpc) is 2.02. The Hall–Kier alpha value is -0.660. The van der Waals surface area contributed by atoms with Crippen LogP contribution in [0.1, 0.15) is 46.5 Å². The number of rotatable bonds is 6. The summed E-state index contributed by atoms with van der Waals surface area (Å²) in [5, 5.41) is 0. The fraction of sp³-hybridized carbons (Fsp3) is 0.800. The number of ketones is 2. The molecule has 1 atom stereocenters. The van der Waals surface area contributed by atoms with E-state index >= 15 is 0 Å². The molecular formula is C10H18O2. The van der Waals surface area contributed by atoms with Gasteiger partial charge in [-0.2, -0.15) is 0 Å². The molecule has 0 heterocycles. The Bertz CT molecular complexity index is 161. The van der Waals surface area contributed by atoms with Gasteiger partial charge in [-0.15, -0.1) is 0 Å². The molecule has 70 valence electrons. The maximum absolute atomic E-state index is 11.2. The topological polar surface area (TPSA) is 34.1 Å². The minimum absolute atomic E-state index is 0.164. The van der Waals surface area contributed by atoms with E-state index in [0.29, 0.717) is 18.6 Å². The van der Waals surface area contributed by atoms with E-state index in [1.807, 2.05) is 13.8 Å². The molecule has 2 heteroatoms. The second-order valence-electron chi connectivity index (χ2n) is 3.33. The number of carbonyl (C=O) groups excluding carboxylic acids is 2. The Morgan fingerprint density at radius 1 is 1.25 bits per heavy atom. The van der Waals surface area contributed by atoms with Crippen molar-refractivity contribution in [2.24, 2.45) is 5.92 Å². The van der Waals surface area contributed by atoms with E-state index in [9.17, 15) is 9.59 Å². The zero-order valence-electron chi connectivity index (χ0n) is 8.22. The normalized spacial score (nSPS) is 12.6. The maximum Gasteiger partial charge on any atom is 0.135 e. The van der Waals surface area contributed by atoms with Crippen LogP contribution in [0.4, 0.5) is 0 Å². The predicted octanol–water partition coefficient (Wildman–Crippen LogP) is 2.36. The van der Waals surface area contributed by atoms with Gasteiger partial charge in [-0.25, -0.2) is 0 Å². The summed E-state index contributed by atoms with van der Waals surface area (Å²) in [6.45, 7) is 5.51. The maximum atomic E-state index is 11.2. The van der Waals surface area contributed by atoms with Crippen molar-refractivity contribution >= 4 is 11.6 Å². The first-order valence-corrected chi connectivity index (χ1v) is 4.60. The number of hydrogen-bond acceptors (Lipinski definition) is 2. The fourth-order valence-corrected chi connectivity index (χ4v) is 0.986. The largest absolute Gasteiger partial charge is 0.300 e. The molecule has 0 N–H and O–H groups in total. The van der Waals surface area contributed by atoms with Crippen LogP contribution in [0.3, 0.4) is 0 Å². The Kier molecular flexibility index (Phi) is 5.60. The van der Waals surface area contributed by atoms with Crippen molar-refractivity contribution in [3.8, 4) is 0 Å². The second-order valence-corrected chi connectivity index (χ2v) is 3.33. The molecule has 0 aliphatic carbocycles. The van der Waals surface area contributed by atoms with Gasteiger partial charge in [0.1, 0.15) is 11.6 Å². The first kappa shape index (κ1) is 11.3. The molecule has 1 unspecified atom stereocenters. The highest BCUT2D eigenvalue weighted by Crippen LogP contribution is 2.08. The second kappa shape index (κ2) is 5.92. The average molecular weight is 170 g/mol. The summed E-state index contributed by atoms with van der Waals surface area (Å²) < 4.78 is 0. The third-order valence-electron chi connectivity index (χ3n) is 2.11. The van der Waals surface area contributed by atoms with Gasteiger partial charge in [0.05, 0.1) is 0 Å². The molecule has 12 heavy (non-hydrogen) atoms. The Labute approximate surface area is 74.3 Å². The van der Waals surface area contributed by atoms with Gasteiger partial charge < -0.3 is 4.79 Å². The predicted molar refractivity (Wildman–Crippen MR) is 49.0 cm³/mol. The van der Waals surface area contributed by atoms with Crippen LogP contribution in [0.2, 0.25) is 0 Å². The van der Waals surface area contributed by atoms with Crippen LogP contribution in [0, 0.1) is 5.92 Å². The lowest BCUT2D eigenvalue weighted by atomic mass is 9.99. The minimum atomic E-state index is 0.164. The highest BCUT2D eigenvalue weighted by molar-refractivity contribution is 5.81. The first-order valence-electron chi connectivity index (χ1n) is 4.60. The smallest absolute Gasteiger partial charge is 0.135 e. The molecular weight excluding hydrogens is 152 g/mol. The van der Waals surface area contributed by atoms with E-state index in [-0.39, 0.29) is 11.7 Å². The van der Waals surface area contributed by atoms with Crippen molar-refractivity contribution in [2.75, 3.05) is 0 Å². The Morgan fingerprint density at radius 3 is 2.25 bits per heavy atom. The summed E-state index contributed by atoms with van der Waals surface area (Å²) in [5.74, 6) is 0.627. The van der Waals surface area contributed by atoms with Crippen LogP contribution in [0.25, 0.3) is 0 Å². The minimum Gasteiger partial charge on any atom is -0.300 e. The SMILES string of the molecule is CCC(C)C(=O)CCCC(C)=O. The van der Waals surface area contributed by atoms with Crippen molar-refractivity contribution in [1.82, 2.24) is 0 Å². The van der Waals surface area contributed by atoms with E-state index < -0.39 is 0 Å². The third-order valence-corrected chi connectivity index (χ3v) is 2.11. The van der Waals surface area contributed by atoms with Crippen LogP contribution in [-0.4, -0.2) is 11.6 Å². The van der Waals surface area contributed by atoms with E-state index in [2.05, 4.69) is 0 Å². The lowest BCUT2D eigenvalue weighted by Crippen LogP contribution is -2.09. The van der Waals surface area contributed by atoms with Gasteiger partial charge in [-0.05, 0) is 19.8 Å². The van der Waals surface area contributed by atoms with Gasteiger partial charge in [0, 0.05) is 18.8 Å². The molecule has 0 rings (SSSR count). The van der Waals surface area contributed by atoms with Crippen molar-refractivity contribution < 1.29 is 9.59 Å². The van der Waals surface area contributed by atoms with Crippen LogP contribution in [0.5, 0.6) is 0 Å². The van der Waals surface area contributed by atoms with Crippen molar-refractivity contribution in [2.45, 2.75) is 46.5 Å². The first-order chi connectivity index (χ1) is 5.57. The van der Waals surface area contributed by atoms with E-state index in [0.717, 1.165) is 12.8 Å². The van der Waals surface area contributed by atoms with E-state index in [4.69, 9.17) is 0 Å². The summed E-state index contributed by atoms with van der Waals surface area (Å²) in [4.78, 5) is 21.8. The van der Waals surface area contributed by atoms with E-state index in [1.165, 1.54) is 0 Å². The monoisotopic (exact) mass is 170 g/mol. The molecule has 0 amide bonds. The molecule has 0 fully saturated rings. The molecule has 0 bridgehead atoms. The van der Waals surface area contributed by atoms with Crippen molar-refractivity contribution in [3.05, 3.63) is 0 Å². The molecule has 0 radical (unpaired) electrons. The molecule has 0 saturated carbocycles. The Balaban J connectivity index is 3.50. The van der Waals surface area contributed by atoms with Gasteiger partial charge in [0.2, 0.25) is 0 Å². The molecule has 0 spiro atoms. The van der Waals surface area contributed by atoms with Gasteiger partial charge in [0.25, 0.3) is 0 Å². The zero-order valence-corrected chi connectivity index (χ0v) is 8.22. The number of Topliss-reactive ketones (excluding diaryl/α,β-unsaturated/α-hetero) is 2. The fourth-order valence-electron chi connectivity index (χ4n) is 0.986. The van der Waals surface area contributed by atoms with Gasteiger partial charge in [-0.3, -0.25) is 4.79 Å². The van der Waals surface area contributed by atoms with Crippen LogP contribution >= 0.6 is 0 Å². The lowest BCUT2D eigenvalue weighted by Gasteiger charge is -2.05. The van der Waals surface area contributed by atoms with Crippen LogP contribution < -0.4 is 0 Å². The molecule has 2 nitrogen and oxygen atoms in total. The molecule has 0 aromatic carbocycles. The highest BCUT2D eigenvalue weighted by atomic mass is 16.1. The number of hydrogen-bond donors (Lipinski definition) is 0. The van der Waals surface area contributed by atoms with Gasteiger partial charge >= 0.3 is 0 Å². The molecule has 0 aromatic rings. The van der Waals surface area contributed by atoms with Crippen molar-refractivity contribution in [1.29, 1.82) is 0 Å². The van der Waals surface area contributed by atoms with Crippen LogP contribution in [0.15, 0.2) is 0 Å². The zero-order chi connectivity index (χ0) is 9.56. The third kappa shape index (κ3) is 5.05. The van der Waals surface area contributed by atoms with Crippen LogP contribution in [-0.2, 0) is 9.59 Å². The highest BCUT2D eigenvalue weighted by Gasteiger charge is 2.09. The Morgan fingerprint density at radius 2 is 1.83 bits per heavy atom. The summed E-state index contributed by atoms with van der Waals surface area (Å²) in [7, 11) is 0. The summed E-state index contributed by atoms with van der Waals surface area (Å²) in [6, 6.07) is 0. The summed E-state index contributed by atoms with van der Waals surface area (Å²) in [6.07, 6.45) is 2.73. The van der Waals surface area contributed by atoms with Crippen molar-refractivity contribution in [3.63, 3.8) is 0 Å². The quantitative estimate of drug-likeness (QED) is 0.613. The van der Waals surface area contributed by atoms with E-state index in [1.54, 1.807) is 6.92 Å².